The first-order chi connectivity index (χ1) is 11.3. The summed E-state index contributed by atoms with van der Waals surface area (Å²) in [6.45, 7) is 3.36. The van der Waals surface area contributed by atoms with Crippen LogP contribution in [0.25, 0.3) is 0 Å². The maximum absolute atomic E-state index is 5.59. The summed E-state index contributed by atoms with van der Waals surface area (Å²) in [6, 6.07) is 7.87. The molecule has 2 N–H and O–H groups in total. The zero-order valence-electron chi connectivity index (χ0n) is 14.2. The molecule has 0 radical (unpaired) electrons. The molecule has 1 heterocycles. The van der Waals surface area contributed by atoms with Gasteiger partial charge in [-0.1, -0.05) is 0 Å². The second-order valence-corrected chi connectivity index (χ2v) is 5.58. The van der Waals surface area contributed by atoms with E-state index < -0.39 is 0 Å². The van der Waals surface area contributed by atoms with Crippen LogP contribution < -0.4 is 20.1 Å². The molecule has 5 nitrogen and oxygen atoms in total. The van der Waals surface area contributed by atoms with E-state index in [1.165, 1.54) is 5.56 Å². The molecule has 7 heteroatoms. The van der Waals surface area contributed by atoms with Crippen molar-refractivity contribution in [1.29, 1.82) is 0 Å². The molecule has 0 aliphatic carbocycles. The predicted molar refractivity (Wildman–Crippen MR) is 113 cm³/mol. The summed E-state index contributed by atoms with van der Waals surface area (Å²) in [5.41, 5.74) is 2.24. The van der Waals surface area contributed by atoms with Gasteiger partial charge in [-0.15, -0.1) is 24.0 Å². The average Bonchev–Trinajstić information content (AvgIpc) is 3.08. The van der Waals surface area contributed by atoms with Crippen LogP contribution in [0.4, 0.5) is 5.69 Å². The van der Waals surface area contributed by atoms with Gasteiger partial charge in [0.1, 0.15) is 0 Å². The molecule has 1 aromatic heterocycles. The Hall–Kier alpha value is -1.48. The minimum Gasteiger partial charge on any atom is -0.493 e. The van der Waals surface area contributed by atoms with Crippen LogP contribution in [0.1, 0.15) is 12.5 Å². The molecule has 0 bridgehead atoms. The van der Waals surface area contributed by atoms with Crippen molar-refractivity contribution in [3.05, 3.63) is 40.6 Å². The number of nitrogens with zero attached hydrogens (tertiary/aromatic N) is 1. The fourth-order valence-corrected chi connectivity index (χ4v) is 2.80. The van der Waals surface area contributed by atoms with Crippen LogP contribution in [0.15, 0.2) is 40.0 Å². The summed E-state index contributed by atoms with van der Waals surface area (Å²) in [7, 11) is 3.39. The summed E-state index contributed by atoms with van der Waals surface area (Å²) in [6.07, 6.45) is 0.969. The maximum atomic E-state index is 5.59. The molecular weight excluding hydrogens is 437 g/mol. The van der Waals surface area contributed by atoms with Crippen LogP contribution >= 0.6 is 35.3 Å². The quantitative estimate of drug-likeness (QED) is 0.372. The third kappa shape index (κ3) is 6.20. The fraction of sp³-hybridized carbons (Fsp3) is 0.353. The van der Waals surface area contributed by atoms with E-state index in [4.69, 9.17) is 9.47 Å². The molecule has 0 unspecified atom stereocenters. The standard InChI is InChI=1S/C17H23N3O2S.HI/c1-4-22-16-11-14(5-6-15(16)21-3)20-17(18-2)19-9-7-13-8-10-23-12-13;/h5-6,8,10-12H,4,7,9H2,1-3H3,(H2,18,19,20);1H. The van der Waals surface area contributed by atoms with Crippen LogP contribution in [0, 0.1) is 0 Å². The smallest absolute Gasteiger partial charge is 0.195 e. The molecule has 0 atom stereocenters. The number of rotatable bonds is 7. The average molecular weight is 461 g/mol. The Labute approximate surface area is 164 Å². The van der Waals surface area contributed by atoms with Crippen molar-refractivity contribution in [3.8, 4) is 11.5 Å². The van der Waals surface area contributed by atoms with E-state index in [2.05, 4.69) is 32.5 Å². The molecule has 0 aliphatic heterocycles. The number of anilines is 1. The lowest BCUT2D eigenvalue weighted by Crippen LogP contribution is -2.32. The molecular formula is C17H24IN3O2S. The first-order valence-electron chi connectivity index (χ1n) is 7.56. The van der Waals surface area contributed by atoms with E-state index in [0.717, 1.165) is 30.4 Å². The topological polar surface area (TPSA) is 54.9 Å². The minimum atomic E-state index is 0. The second kappa shape index (κ2) is 11.1. The van der Waals surface area contributed by atoms with E-state index in [9.17, 15) is 0 Å². The van der Waals surface area contributed by atoms with Crippen LogP contribution in [0.5, 0.6) is 11.5 Å². The Balaban J connectivity index is 0.00000288. The van der Waals surface area contributed by atoms with Gasteiger partial charge < -0.3 is 20.1 Å². The van der Waals surface area contributed by atoms with Gasteiger partial charge in [0.15, 0.2) is 17.5 Å². The van der Waals surface area contributed by atoms with Gasteiger partial charge in [0.2, 0.25) is 0 Å². The SMILES string of the molecule is CCOc1cc(NC(=NC)NCCc2ccsc2)ccc1OC.I. The molecule has 132 valence electrons. The van der Waals surface area contributed by atoms with Gasteiger partial charge in [-0.05, 0) is 47.9 Å². The van der Waals surface area contributed by atoms with Crippen molar-refractivity contribution in [2.75, 3.05) is 32.6 Å². The Kier molecular flexibility index (Phi) is 9.55. The van der Waals surface area contributed by atoms with Crippen LogP contribution in [0.3, 0.4) is 0 Å². The van der Waals surface area contributed by atoms with Gasteiger partial charge in [-0.3, -0.25) is 4.99 Å². The predicted octanol–water partition coefficient (Wildman–Crippen LogP) is 4.00. The van der Waals surface area contributed by atoms with Crippen LogP contribution in [-0.4, -0.2) is 33.3 Å². The molecule has 1 aromatic carbocycles. The number of thiophene rings is 1. The number of aliphatic imine (C=N–C) groups is 1. The maximum Gasteiger partial charge on any atom is 0.195 e. The van der Waals surface area contributed by atoms with Gasteiger partial charge in [0.05, 0.1) is 13.7 Å². The molecule has 0 aliphatic rings. The summed E-state index contributed by atoms with van der Waals surface area (Å²) in [5.74, 6) is 2.17. The fourth-order valence-electron chi connectivity index (χ4n) is 2.10. The molecule has 0 amide bonds. The Morgan fingerprint density at radius 2 is 2.08 bits per heavy atom. The summed E-state index contributed by atoms with van der Waals surface area (Å²) >= 11 is 1.72. The molecule has 24 heavy (non-hydrogen) atoms. The van der Waals surface area contributed by atoms with E-state index in [1.54, 1.807) is 25.5 Å². The van der Waals surface area contributed by atoms with E-state index in [-0.39, 0.29) is 24.0 Å². The lowest BCUT2D eigenvalue weighted by molar-refractivity contribution is 0.311. The molecule has 0 saturated carbocycles. The van der Waals surface area contributed by atoms with Crippen molar-refractivity contribution in [2.45, 2.75) is 13.3 Å². The number of ether oxygens (including phenoxy) is 2. The minimum absolute atomic E-state index is 0. The number of halogens is 1. The van der Waals surface area contributed by atoms with Crippen molar-refractivity contribution in [2.24, 2.45) is 4.99 Å². The monoisotopic (exact) mass is 461 g/mol. The lowest BCUT2D eigenvalue weighted by Gasteiger charge is -2.14. The van der Waals surface area contributed by atoms with Crippen molar-refractivity contribution < 1.29 is 9.47 Å². The van der Waals surface area contributed by atoms with E-state index >= 15 is 0 Å². The second-order valence-electron chi connectivity index (χ2n) is 4.80. The van der Waals surface area contributed by atoms with Gasteiger partial charge in [-0.2, -0.15) is 11.3 Å². The zero-order chi connectivity index (χ0) is 16.5. The number of guanidine groups is 1. The number of methoxy groups -OCH3 is 1. The van der Waals surface area contributed by atoms with Crippen LogP contribution in [-0.2, 0) is 6.42 Å². The van der Waals surface area contributed by atoms with Gasteiger partial charge in [0.25, 0.3) is 0 Å². The summed E-state index contributed by atoms with van der Waals surface area (Å²) in [5, 5.41) is 10.8. The molecule has 0 saturated heterocycles. The van der Waals surface area contributed by atoms with Crippen molar-refractivity contribution in [3.63, 3.8) is 0 Å². The Bertz CT molecular complexity index is 633. The number of benzene rings is 1. The van der Waals surface area contributed by atoms with Gasteiger partial charge in [0, 0.05) is 25.3 Å². The third-order valence-electron chi connectivity index (χ3n) is 3.24. The Morgan fingerprint density at radius 3 is 2.71 bits per heavy atom. The highest BCUT2D eigenvalue weighted by Crippen LogP contribution is 2.30. The Morgan fingerprint density at radius 1 is 1.25 bits per heavy atom. The normalized spacial score (nSPS) is 10.7. The highest BCUT2D eigenvalue weighted by molar-refractivity contribution is 14.0. The summed E-state index contributed by atoms with van der Waals surface area (Å²) in [4.78, 5) is 4.25. The summed E-state index contributed by atoms with van der Waals surface area (Å²) < 4.78 is 10.9. The van der Waals surface area contributed by atoms with Crippen LogP contribution in [0.2, 0.25) is 0 Å². The van der Waals surface area contributed by atoms with Gasteiger partial charge >= 0.3 is 0 Å². The molecule has 0 spiro atoms. The van der Waals surface area contributed by atoms with Crippen molar-refractivity contribution in [1.82, 2.24) is 5.32 Å². The molecule has 0 fully saturated rings. The molecule has 2 rings (SSSR count). The zero-order valence-corrected chi connectivity index (χ0v) is 17.3. The third-order valence-corrected chi connectivity index (χ3v) is 3.97. The largest absolute Gasteiger partial charge is 0.493 e. The number of nitrogens with one attached hydrogen (secondary N) is 2. The highest BCUT2D eigenvalue weighted by Gasteiger charge is 2.07. The number of hydrogen-bond acceptors (Lipinski definition) is 4. The van der Waals surface area contributed by atoms with E-state index in [0.29, 0.717) is 12.4 Å². The first-order valence-corrected chi connectivity index (χ1v) is 8.50. The van der Waals surface area contributed by atoms with Gasteiger partial charge in [-0.25, -0.2) is 0 Å². The lowest BCUT2D eigenvalue weighted by atomic mass is 10.2. The van der Waals surface area contributed by atoms with E-state index in [1.807, 2.05) is 25.1 Å². The molecule has 2 aromatic rings. The van der Waals surface area contributed by atoms with Crippen molar-refractivity contribution >= 4 is 47.0 Å². The highest BCUT2D eigenvalue weighted by atomic mass is 127. The number of hydrogen-bond donors (Lipinski definition) is 2. The first kappa shape index (κ1) is 20.6.